The van der Waals surface area contributed by atoms with E-state index in [4.69, 9.17) is 4.74 Å². The highest BCUT2D eigenvalue weighted by Gasteiger charge is 2.10. The molecule has 1 aromatic heterocycles. The highest BCUT2D eigenvalue weighted by molar-refractivity contribution is 8.03. The molecule has 20 heavy (non-hydrogen) atoms. The summed E-state index contributed by atoms with van der Waals surface area (Å²) in [4.78, 5) is 12.1. The van der Waals surface area contributed by atoms with Gasteiger partial charge in [-0.25, -0.2) is 0 Å². The molecular formula is C13H14N2O2S3. The molecule has 0 saturated carbocycles. The van der Waals surface area contributed by atoms with Gasteiger partial charge in [-0.05, 0) is 37.4 Å². The smallest absolute Gasteiger partial charge is 0.175 e. The van der Waals surface area contributed by atoms with Crippen LogP contribution in [0, 0.1) is 0 Å². The number of ketones is 1. The molecule has 0 aliphatic rings. The van der Waals surface area contributed by atoms with E-state index in [1.165, 1.54) is 23.1 Å². The van der Waals surface area contributed by atoms with E-state index < -0.39 is 0 Å². The Bertz CT molecular complexity index is 569. The second-order valence-electron chi connectivity index (χ2n) is 3.71. The molecule has 0 unspecified atom stereocenters. The zero-order valence-electron chi connectivity index (χ0n) is 11.2. The van der Waals surface area contributed by atoms with Crippen molar-refractivity contribution in [3.05, 3.63) is 29.8 Å². The van der Waals surface area contributed by atoms with Crippen molar-refractivity contribution >= 4 is 40.6 Å². The average Bonchev–Trinajstić information content (AvgIpc) is 2.94. The normalized spacial score (nSPS) is 10.5. The Labute approximate surface area is 130 Å². The molecule has 1 heterocycles. The lowest BCUT2D eigenvalue weighted by Gasteiger charge is -2.03. The van der Waals surface area contributed by atoms with Gasteiger partial charge in [-0.1, -0.05) is 34.9 Å². The highest BCUT2D eigenvalue weighted by atomic mass is 32.2. The average molecular weight is 326 g/mol. The van der Waals surface area contributed by atoms with Crippen LogP contribution in [0.15, 0.2) is 32.9 Å². The number of hydrogen-bond donors (Lipinski definition) is 0. The molecule has 0 aliphatic heterocycles. The number of hydrogen-bond acceptors (Lipinski definition) is 7. The Morgan fingerprint density at radius 3 is 2.55 bits per heavy atom. The molecule has 0 fully saturated rings. The minimum absolute atomic E-state index is 0.0824. The molecule has 2 aromatic rings. The maximum atomic E-state index is 12.1. The number of Topliss-reactive ketones (excluding diaryl/α,β-unsaturated/α-hetero) is 1. The van der Waals surface area contributed by atoms with E-state index in [1.54, 1.807) is 23.9 Å². The summed E-state index contributed by atoms with van der Waals surface area (Å²) in [6.07, 6.45) is 1.96. The summed E-state index contributed by atoms with van der Waals surface area (Å²) in [5, 5.41) is 8.03. The van der Waals surface area contributed by atoms with Gasteiger partial charge in [-0.3, -0.25) is 4.79 Å². The molecule has 106 valence electrons. The van der Waals surface area contributed by atoms with Crippen LogP contribution in [-0.2, 0) is 0 Å². The third-order valence-electron chi connectivity index (χ3n) is 2.38. The van der Waals surface area contributed by atoms with E-state index in [-0.39, 0.29) is 5.78 Å². The van der Waals surface area contributed by atoms with Crippen LogP contribution in [0.5, 0.6) is 5.75 Å². The number of benzene rings is 1. The second kappa shape index (κ2) is 7.66. The number of ether oxygens (including phenoxy) is 1. The van der Waals surface area contributed by atoms with E-state index in [0.717, 1.165) is 14.4 Å². The summed E-state index contributed by atoms with van der Waals surface area (Å²) < 4.78 is 7.09. The summed E-state index contributed by atoms with van der Waals surface area (Å²) in [6.45, 7) is 2.55. The molecule has 4 nitrogen and oxygen atoms in total. The van der Waals surface area contributed by atoms with Crippen molar-refractivity contribution in [2.75, 3.05) is 18.6 Å². The zero-order valence-corrected chi connectivity index (χ0v) is 13.6. The zero-order chi connectivity index (χ0) is 14.4. The predicted molar refractivity (Wildman–Crippen MR) is 84.4 cm³/mol. The van der Waals surface area contributed by atoms with Gasteiger partial charge in [0.1, 0.15) is 5.75 Å². The van der Waals surface area contributed by atoms with Gasteiger partial charge in [0.05, 0.1) is 12.4 Å². The van der Waals surface area contributed by atoms with Gasteiger partial charge in [-0.15, -0.1) is 10.2 Å². The molecule has 0 atom stereocenters. The quantitative estimate of drug-likeness (QED) is 0.572. The molecule has 7 heteroatoms. The standard InChI is InChI=1S/C13H14N2O2S3/c1-3-17-10-6-4-9(5-7-10)11(16)8-19-13-15-14-12(18-2)20-13/h4-7H,3,8H2,1-2H3. The van der Waals surface area contributed by atoms with Crippen LogP contribution in [-0.4, -0.2) is 34.6 Å². The van der Waals surface area contributed by atoms with Crippen molar-refractivity contribution in [2.24, 2.45) is 0 Å². The van der Waals surface area contributed by atoms with E-state index in [9.17, 15) is 4.79 Å². The summed E-state index contributed by atoms with van der Waals surface area (Å²) in [6, 6.07) is 7.22. The SMILES string of the molecule is CCOc1ccc(C(=O)CSc2nnc(SC)s2)cc1. The molecule has 0 N–H and O–H groups in total. The number of nitrogens with zero attached hydrogens (tertiary/aromatic N) is 2. The minimum Gasteiger partial charge on any atom is -0.494 e. The fraction of sp³-hybridized carbons (Fsp3) is 0.308. The van der Waals surface area contributed by atoms with Crippen LogP contribution in [0.2, 0.25) is 0 Å². The number of carbonyl (C=O) groups excluding carboxylic acids is 1. The third kappa shape index (κ3) is 4.22. The fourth-order valence-corrected chi connectivity index (χ4v) is 3.78. The number of thioether (sulfide) groups is 2. The molecular weight excluding hydrogens is 312 g/mol. The summed E-state index contributed by atoms with van der Waals surface area (Å²) in [5.41, 5.74) is 0.690. The Morgan fingerprint density at radius 1 is 1.25 bits per heavy atom. The maximum absolute atomic E-state index is 12.1. The van der Waals surface area contributed by atoms with E-state index in [1.807, 2.05) is 25.3 Å². The van der Waals surface area contributed by atoms with Crippen LogP contribution in [0.3, 0.4) is 0 Å². The summed E-state index contributed by atoms with van der Waals surface area (Å²) >= 11 is 4.49. The first-order valence-corrected chi connectivity index (χ1v) is 9.02. The van der Waals surface area contributed by atoms with Crippen LogP contribution in [0.4, 0.5) is 0 Å². The van der Waals surface area contributed by atoms with Crippen LogP contribution < -0.4 is 4.74 Å². The van der Waals surface area contributed by atoms with Gasteiger partial charge < -0.3 is 4.74 Å². The Hall–Kier alpha value is -1.05. The monoisotopic (exact) mass is 326 g/mol. The lowest BCUT2D eigenvalue weighted by atomic mass is 10.1. The van der Waals surface area contributed by atoms with Gasteiger partial charge in [0.25, 0.3) is 0 Å². The molecule has 0 spiro atoms. The molecule has 0 radical (unpaired) electrons. The summed E-state index contributed by atoms with van der Waals surface area (Å²) in [7, 11) is 0. The van der Waals surface area contributed by atoms with Crippen molar-refractivity contribution in [2.45, 2.75) is 15.6 Å². The van der Waals surface area contributed by atoms with Crippen LogP contribution in [0.1, 0.15) is 17.3 Å². The van der Waals surface area contributed by atoms with Gasteiger partial charge >= 0.3 is 0 Å². The Morgan fingerprint density at radius 2 is 1.95 bits per heavy atom. The van der Waals surface area contributed by atoms with Gasteiger partial charge in [0.2, 0.25) is 0 Å². The maximum Gasteiger partial charge on any atom is 0.175 e. The first kappa shape index (κ1) is 15.3. The van der Waals surface area contributed by atoms with Crippen LogP contribution in [0.25, 0.3) is 0 Å². The number of aromatic nitrogens is 2. The molecule has 0 aliphatic carbocycles. The van der Waals surface area contributed by atoms with E-state index in [0.29, 0.717) is 17.9 Å². The minimum atomic E-state index is 0.0824. The molecule has 0 amide bonds. The largest absolute Gasteiger partial charge is 0.494 e. The van der Waals surface area contributed by atoms with Crippen molar-refractivity contribution in [1.29, 1.82) is 0 Å². The Balaban J connectivity index is 1.90. The molecule has 0 bridgehead atoms. The van der Waals surface area contributed by atoms with Crippen molar-refractivity contribution in [3.63, 3.8) is 0 Å². The predicted octanol–water partition coefficient (Wildman–Crippen LogP) is 3.63. The number of carbonyl (C=O) groups is 1. The molecule has 1 aromatic carbocycles. The van der Waals surface area contributed by atoms with Crippen molar-refractivity contribution < 1.29 is 9.53 Å². The lowest BCUT2D eigenvalue weighted by molar-refractivity contribution is 0.102. The third-order valence-corrected chi connectivity index (χ3v) is 5.41. The van der Waals surface area contributed by atoms with Crippen molar-refractivity contribution in [1.82, 2.24) is 10.2 Å². The van der Waals surface area contributed by atoms with Gasteiger partial charge in [0, 0.05) is 5.56 Å². The first-order chi connectivity index (χ1) is 9.72. The Kier molecular flexibility index (Phi) is 5.87. The van der Waals surface area contributed by atoms with Crippen molar-refractivity contribution in [3.8, 4) is 5.75 Å². The van der Waals surface area contributed by atoms with Gasteiger partial charge in [0.15, 0.2) is 14.5 Å². The number of rotatable bonds is 7. The topological polar surface area (TPSA) is 52.1 Å². The summed E-state index contributed by atoms with van der Waals surface area (Å²) in [5.74, 6) is 1.24. The van der Waals surface area contributed by atoms with Gasteiger partial charge in [-0.2, -0.15) is 0 Å². The lowest BCUT2D eigenvalue weighted by Crippen LogP contribution is -2.02. The van der Waals surface area contributed by atoms with E-state index >= 15 is 0 Å². The van der Waals surface area contributed by atoms with Crippen LogP contribution >= 0.6 is 34.9 Å². The first-order valence-electron chi connectivity index (χ1n) is 5.99. The highest BCUT2D eigenvalue weighted by Crippen LogP contribution is 2.27. The second-order valence-corrected chi connectivity index (χ2v) is 6.96. The molecule has 2 rings (SSSR count). The fourth-order valence-electron chi connectivity index (χ4n) is 1.45. The van der Waals surface area contributed by atoms with E-state index in [2.05, 4.69) is 10.2 Å². The molecule has 0 saturated heterocycles.